The van der Waals surface area contributed by atoms with Gasteiger partial charge in [0, 0.05) is 13.1 Å². The van der Waals surface area contributed by atoms with Gasteiger partial charge in [-0.15, -0.1) is 0 Å². The molecule has 0 saturated carbocycles. The van der Waals surface area contributed by atoms with Gasteiger partial charge in [0.25, 0.3) is 5.91 Å². The number of hydrogen-bond donors (Lipinski definition) is 1. The Morgan fingerprint density at radius 1 is 1.17 bits per heavy atom. The van der Waals surface area contributed by atoms with E-state index in [1.165, 1.54) is 0 Å². The first-order chi connectivity index (χ1) is 14.0. The molecule has 0 aliphatic carbocycles. The highest BCUT2D eigenvalue weighted by molar-refractivity contribution is 6.13. The number of carbonyl (C=O) groups excluding carboxylic acids is 1. The minimum atomic E-state index is -0.312. The summed E-state index contributed by atoms with van der Waals surface area (Å²) in [6, 6.07) is 10.5. The molecule has 0 bridgehead atoms. The van der Waals surface area contributed by atoms with Crippen LogP contribution in [0.15, 0.2) is 47.1 Å². The van der Waals surface area contributed by atoms with Crippen LogP contribution < -0.4 is 14.8 Å². The average molecular weight is 392 g/mol. The maximum absolute atomic E-state index is 13.3. The minimum Gasteiger partial charge on any atom is -0.497 e. The molecule has 0 saturated heterocycles. The largest absolute Gasteiger partial charge is 0.497 e. The number of rotatable bonds is 5. The van der Waals surface area contributed by atoms with Crippen molar-refractivity contribution in [1.82, 2.24) is 14.8 Å². The molecular weight excluding hydrogens is 372 g/mol. The normalized spacial score (nSPS) is 10.9. The second kappa shape index (κ2) is 7.31. The lowest BCUT2D eigenvalue weighted by atomic mass is 10.1. The Hall–Kier alpha value is -3.81. The standard InChI is InChI=1S/C21H20N4O4/c1-12-19-14(21(26)23-15-10-13(27-3)7-8-17(15)28-4)11-16(18-6-5-9-29-18)22-20(19)25(2)24-12/h5-11H,1-4H3,(H,23,26). The molecule has 0 fully saturated rings. The number of furan rings is 1. The van der Waals surface area contributed by atoms with E-state index in [9.17, 15) is 4.79 Å². The Balaban J connectivity index is 1.84. The molecule has 29 heavy (non-hydrogen) atoms. The van der Waals surface area contributed by atoms with E-state index in [0.29, 0.717) is 50.9 Å². The molecule has 1 amide bonds. The molecule has 3 aromatic heterocycles. The van der Waals surface area contributed by atoms with Crippen LogP contribution in [-0.4, -0.2) is 34.9 Å². The quantitative estimate of drug-likeness (QED) is 0.555. The van der Waals surface area contributed by atoms with Gasteiger partial charge < -0.3 is 19.2 Å². The van der Waals surface area contributed by atoms with E-state index in [0.717, 1.165) is 0 Å². The number of pyridine rings is 1. The van der Waals surface area contributed by atoms with Crippen molar-refractivity contribution < 1.29 is 18.7 Å². The first-order valence-corrected chi connectivity index (χ1v) is 8.93. The number of aromatic nitrogens is 3. The van der Waals surface area contributed by atoms with E-state index in [-0.39, 0.29) is 5.91 Å². The third kappa shape index (κ3) is 3.29. The molecule has 0 unspecified atom stereocenters. The van der Waals surface area contributed by atoms with Gasteiger partial charge in [0.15, 0.2) is 11.4 Å². The van der Waals surface area contributed by atoms with Gasteiger partial charge in [-0.05, 0) is 37.3 Å². The number of hydrogen-bond acceptors (Lipinski definition) is 6. The topological polar surface area (TPSA) is 91.4 Å². The number of methoxy groups -OCH3 is 2. The molecule has 0 atom stereocenters. The van der Waals surface area contributed by atoms with E-state index >= 15 is 0 Å². The van der Waals surface area contributed by atoms with E-state index in [1.807, 2.05) is 6.92 Å². The summed E-state index contributed by atoms with van der Waals surface area (Å²) in [4.78, 5) is 17.9. The van der Waals surface area contributed by atoms with Gasteiger partial charge in [0.05, 0.1) is 42.8 Å². The van der Waals surface area contributed by atoms with Crippen LogP contribution >= 0.6 is 0 Å². The highest BCUT2D eigenvalue weighted by Gasteiger charge is 2.21. The van der Waals surface area contributed by atoms with Crippen LogP contribution in [0.1, 0.15) is 16.1 Å². The van der Waals surface area contributed by atoms with Crippen LogP contribution in [0.3, 0.4) is 0 Å². The molecular formula is C21H20N4O4. The zero-order valence-electron chi connectivity index (χ0n) is 16.5. The molecule has 8 nitrogen and oxygen atoms in total. The zero-order chi connectivity index (χ0) is 20.5. The number of anilines is 1. The summed E-state index contributed by atoms with van der Waals surface area (Å²) in [7, 11) is 4.90. The lowest BCUT2D eigenvalue weighted by Gasteiger charge is -2.13. The van der Waals surface area contributed by atoms with Crippen molar-refractivity contribution in [2.24, 2.45) is 7.05 Å². The Morgan fingerprint density at radius 3 is 2.69 bits per heavy atom. The predicted octanol–water partition coefficient (Wildman–Crippen LogP) is 3.81. The molecule has 148 valence electrons. The third-order valence-corrected chi connectivity index (χ3v) is 4.64. The van der Waals surface area contributed by atoms with Gasteiger partial charge >= 0.3 is 0 Å². The van der Waals surface area contributed by atoms with E-state index in [2.05, 4.69) is 15.4 Å². The van der Waals surface area contributed by atoms with Gasteiger partial charge in [-0.3, -0.25) is 9.48 Å². The SMILES string of the molecule is COc1ccc(OC)c(NC(=O)c2cc(-c3ccco3)nc3c2c(C)nn3C)c1. The van der Waals surface area contributed by atoms with Crippen LogP contribution in [0.25, 0.3) is 22.5 Å². The van der Waals surface area contributed by atoms with Crippen LogP contribution in [0.4, 0.5) is 5.69 Å². The summed E-state index contributed by atoms with van der Waals surface area (Å²) >= 11 is 0. The number of nitrogens with zero attached hydrogens (tertiary/aromatic N) is 3. The Morgan fingerprint density at radius 2 is 2.00 bits per heavy atom. The summed E-state index contributed by atoms with van der Waals surface area (Å²) in [6.45, 7) is 1.85. The Labute approximate surface area is 167 Å². The van der Waals surface area contributed by atoms with E-state index < -0.39 is 0 Å². The van der Waals surface area contributed by atoms with Crippen LogP contribution in [0, 0.1) is 6.92 Å². The number of ether oxygens (including phenoxy) is 2. The molecule has 4 rings (SSSR count). The van der Waals surface area contributed by atoms with Gasteiger partial charge in [-0.25, -0.2) is 4.98 Å². The summed E-state index contributed by atoms with van der Waals surface area (Å²) in [5, 5.41) is 8.02. The molecule has 0 spiro atoms. The monoisotopic (exact) mass is 392 g/mol. The second-order valence-corrected chi connectivity index (χ2v) is 6.46. The summed E-state index contributed by atoms with van der Waals surface area (Å²) < 4.78 is 17.8. The fourth-order valence-electron chi connectivity index (χ4n) is 3.28. The molecule has 1 aromatic carbocycles. The molecule has 0 aliphatic rings. The van der Waals surface area contributed by atoms with Crippen molar-refractivity contribution in [2.75, 3.05) is 19.5 Å². The number of carbonyl (C=O) groups is 1. The van der Waals surface area contributed by atoms with Crippen LogP contribution in [-0.2, 0) is 7.05 Å². The zero-order valence-corrected chi connectivity index (χ0v) is 16.5. The predicted molar refractivity (Wildman–Crippen MR) is 108 cm³/mol. The van der Waals surface area contributed by atoms with Gasteiger partial charge in [-0.1, -0.05) is 0 Å². The average Bonchev–Trinajstić information content (AvgIpc) is 3.36. The number of aryl methyl sites for hydroxylation is 2. The second-order valence-electron chi connectivity index (χ2n) is 6.46. The maximum Gasteiger partial charge on any atom is 0.256 e. The fraction of sp³-hybridized carbons (Fsp3) is 0.190. The van der Waals surface area contributed by atoms with Crippen molar-refractivity contribution >= 4 is 22.6 Å². The van der Waals surface area contributed by atoms with Crippen LogP contribution in [0.5, 0.6) is 11.5 Å². The maximum atomic E-state index is 13.3. The molecule has 4 aromatic rings. The Bertz CT molecular complexity index is 1200. The number of amides is 1. The fourth-order valence-corrected chi connectivity index (χ4v) is 3.28. The number of nitrogens with one attached hydrogen (secondary N) is 1. The van der Waals surface area contributed by atoms with Crippen molar-refractivity contribution in [1.29, 1.82) is 0 Å². The smallest absolute Gasteiger partial charge is 0.256 e. The first-order valence-electron chi connectivity index (χ1n) is 8.93. The summed E-state index contributed by atoms with van der Waals surface area (Å²) in [5.74, 6) is 1.39. The van der Waals surface area contributed by atoms with Gasteiger partial charge in [-0.2, -0.15) is 5.10 Å². The molecule has 1 N–H and O–H groups in total. The van der Waals surface area contributed by atoms with Gasteiger partial charge in [0.2, 0.25) is 0 Å². The van der Waals surface area contributed by atoms with Crippen molar-refractivity contribution in [3.05, 3.63) is 53.9 Å². The minimum absolute atomic E-state index is 0.312. The van der Waals surface area contributed by atoms with Crippen LogP contribution in [0.2, 0.25) is 0 Å². The molecule has 8 heteroatoms. The van der Waals surface area contributed by atoms with Crippen molar-refractivity contribution in [3.63, 3.8) is 0 Å². The first kappa shape index (κ1) is 18.5. The third-order valence-electron chi connectivity index (χ3n) is 4.64. The lowest BCUT2D eigenvalue weighted by molar-refractivity contribution is 0.102. The Kier molecular flexibility index (Phi) is 4.67. The molecule has 0 radical (unpaired) electrons. The number of fused-ring (bicyclic) bond motifs is 1. The van der Waals surface area contributed by atoms with Gasteiger partial charge in [0.1, 0.15) is 17.2 Å². The van der Waals surface area contributed by atoms with Crippen molar-refractivity contribution in [2.45, 2.75) is 6.92 Å². The number of benzene rings is 1. The van der Waals surface area contributed by atoms with E-state index in [1.54, 1.807) is 68.6 Å². The molecule has 0 aliphatic heterocycles. The van der Waals surface area contributed by atoms with Crippen molar-refractivity contribution in [3.8, 4) is 23.0 Å². The summed E-state index contributed by atoms with van der Waals surface area (Å²) in [5.41, 5.74) is 2.80. The lowest BCUT2D eigenvalue weighted by Crippen LogP contribution is -2.14. The highest BCUT2D eigenvalue weighted by Crippen LogP contribution is 2.31. The molecule has 3 heterocycles. The van der Waals surface area contributed by atoms with E-state index in [4.69, 9.17) is 13.9 Å². The summed E-state index contributed by atoms with van der Waals surface area (Å²) in [6.07, 6.45) is 1.57. The highest BCUT2D eigenvalue weighted by atomic mass is 16.5.